The van der Waals surface area contributed by atoms with E-state index in [4.69, 9.17) is 0 Å². The summed E-state index contributed by atoms with van der Waals surface area (Å²) in [6.07, 6.45) is 0. The molecule has 0 saturated heterocycles. The molecule has 4 rings (SSSR count). The second-order valence-corrected chi connectivity index (χ2v) is 4.57. The Balaban J connectivity index is 2.32. The number of benzene rings is 3. The van der Waals surface area contributed by atoms with Crippen LogP contribution in [0.3, 0.4) is 0 Å². The monoisotopic (exact) mass is 232 g/mol. The van der Waals surface area contributed by atoms with Crippen molar-refractivity contribution in [3.63, 3.8) is 0 Å². The highest BCUT2D eigenvalue weighted by molar-refractivity contribution is 6.13. The number of fused-ring (bicyclic) bond motifs is 4. The van der Waals surface area contributed by atoms with Crippen LogP contribution in [0.15, 0.2) is 58.1 Å². The molecular weight excluding hydrogens is 224 g/mol. The molecule has 2 heteroatoms. The molecule has 0 aliphatic heterocycles. The van der Waals surface area contributed by atoms with Gasteiger partial charge in [-0.15, -0.1) is 0 Å². The first-order valence-electron chi connectivity index (χ1n) is 5.80. The average Bonchev–Trinajstić information content (AvgIpc) is 2.42. The highest BCUT2D eigenvalue weighted by Crippen LogP contribution is 2.27. The van der Waals surface area contributed by atoms with Gasteiger partial charge in [-0.1, -0.05) is 30.3 Å². The Labute approximate surface area is 102 Å². The zero-order valence-electron chi connectivity index (χ0n) is 9.44. The Morgan fingerprint density at radius 1 is 0.611 bits per heavy atom. The predicted molar refractivity (Wildman–Crippen MR) is 73.9 cm³/mol. The summed E-state index contributed by atoms with van der Waals surface area (Å²) >= 11 is 0. The molecule has 0 aliphatic rings. The van der Waals surface area contributed by atoms with Crippen molar-refractivity contribution in [1.29, 1.82) is 0 Å². The van der Waals surface area contributed by atoms with Crippen LogP contribution in [-0.2, 0) is 0 Å². The minimum atomic E-state index is -0.361. The Kier molecular flexibility index (Phi) is 1.61. The van der Waals surface area contributed by atoms with Gasteiger partial charge in [-0.25, -0.2) is 0 Å². The summed E-state index contributed by atoms with van der Waals surface area (Å²) in [5.41, 5.74) is -0.717. The largest absolute Gasteiger partial charge is 0.285 e. The van der Waals surface area contributed by atoms with Gasteiger partial charge in [0.2, 0.25) is 10.9 Å². The van der Waals surface area contributed by atoms with Crippen molar-refractivity contribution in [2.45, 2.75) is 0 Å². The first kappa shape index (κ1) is 9.54. The van der Waals surface area contributed by atoms with E-state index < -0.39 is 0 Å². The molecule has 0 saturated carbocycles. The van der Waals surface area contributed by atoms with E-state index in [9.17, 15) is 9.59 Å². The zero-order chi connectivity index (χ0) is 12.3. The molecule has 0 aromatic heterocycles. The van der Waals surface area contributed by atoms with Crippen LogP contribution < -0.4 is 10.9 Å². The van der Waals surface area contributed by atoms with Gasteiger partial charge in [0, 0.05) is 10.8 Å². The van der Waals surface area contributed by atoms with E-state index in [-0.39, 0.29) is 10.9 Å². The maximum absolute atomic E-state index is 11.7. The van der Waals surface area contributed by atoms with E-state index in [0.717, 1.165) is 21.5 Å². The highest BCUT2D eigenvalue weighted by Gasteiger charge is 2.15. The standard InChI is InChI=1S/C16H8O2/c17-15-12-6-5-11-7-9-3-1-2-4-10(9)8-13(11)14(12)16(15)18/h1-8H. The summed E-state index contributed by atoms with van der Waals surface area (Å²) in [7, 11) is 0. The molecule has 0 unspecified atom stereocenters. The summed E-state index contributed by atoms with van der Waals surface area (Å²) in [4.78, 5) is 23.1. The van der Waals surface area contributed by atoms with Crippen LogP contribution >= 0.6 is 0 Å². The van der Waals surface area contributed by atoms with E-state index in [1.165, 1.54) is 0 Å². The number of hydrogen-bond acceptors (Lipinski definition) is 2. The van der Waals surface area contributed by atoms with Crippen molar-refractivity contribution in [2.24, 2.45) is 0 Å². The van der Waals surface area contributed by atoms with Crippen LogP contribution in [0.5, 0.6) is 0 Å². The van der Waals surface area contributed by atoms with Gasteiger partial charge >= 0.3 is 0 Å². The van der Waals surface area contributed by atoms with Crippen molar-refractivity contribution >= 4 is 32.3 Å². The van der Waals surface area contributed by atoms with Crippen molar-refractivity contribution in [2.75, 3.05) is 0 Å². The third-order valence-electron chi connectivity index (χ3n) is 3.56. The highest BCUT2D eigenvalue weighted by atomic mass is 16.2. The quantitative estimate of drug-likeness (QED) is 0.345. The minimum absolute atomic E-state index is 0.356. The van der Waals surface area contributed by atoms with Crippen molar-refractivity contribution in [1.82, 2.24) is 0 Å². The minimum Gasteiger partial charge on any atom is -0.285 e. The van der Waals surface area contributed by atoms with Crippen LogP contribution in [0.1, 0.15) is 0 Å². The predicted octanol–water partition coefficient (Wildman–Crippen LogP) is 2.74. The van der Waals surface area contributed by atoms with Crippen LogP contribution in [0.4, 0.5) is 0 Å². The maximum Gasteiger partial charge on any atom is 0.234 e. The second kappa shape index (κ2) is 3.05. The zero-order valence-corrected chi connectivity index (χ0v) is 9.44. The lowest BCUT2D eigenvalue weighted by molar-refractivity contribution is 1.56. The van der Waals surface area contributed by atoms with Gasteiger partial charge < -0.3 is 0 Å². The van der Waals surface area contributed by atoms with E-state index in [0.29, 0.717) is 10.8 Å². The summed E-state index contributed by atoms with van der Waals surface area (Å²) in [5, 5.41) is 5.27. The fourth-order valence-electron chi connectivity index (χ4n) is 2.62. The van der Waals surface area contributed by atoms with Crippen molar-refractivity contribution < 1.29 is 0 Å². The smallest absolute Gasteiger partial charge is 0.234 e. The van der Waals surface area contributed by atoms with Gasteiger partial charge in [0.15, 0.2) is 0 Å². The van der Waals surface area contributed by atoms with Gasteiger partial charge in [0.05, 0.1) is 0 Å². The Bertz CT molecular complexity index is 1000. The average molecular weight is 232 g/mol. The Morgan fingerprint density at radius 3 is 2.11 bits per heavy atom. The molecule has 0 spiro atoms. The second-order valence-electron chi connectivity index (χ2n) is 4.57. The van der Waals surface area contributed by atoms with Crippen LogP contribution in [0, 0.1) is 0 Å². The lowest BCUT2D eigenvalue weighted by Gasteiger charge is -2.06. The van der Waals surface area contributed by atoms with E-state index in [2.05, 4.69) is 6.07 Å². The van der Waals surface area contributed by atoms with Crippen molar-refractivity contribution in [3.8, 4) is 0 Å². The first-order chi connectivity index (χ1) is 8.75. The third-order valence-corrected chi connectivity index (χ3v) is 3.56. The number of rotatable bonds is 0. The van der Waals surface area contributed by atoms with E-state index in [1.54, 1.807) is 6.07 Å². The molecule has 0 fully saturated rings. The van der Waals surface area contributed by atoms with E-state index in [1.807, 2.05) is 36.4 Å². The molecule has 0 bridgehead atoms. The molecule has 84 valence electrons. The first-order valence-corrected chi connectivity index (χ1v) is 5.80. The van der Waals surface area contributed by atoms with Gasteiger partial charge in [0.1, 0.15) is 0 Å². The Morgan fingerprint density at radius 2 is 1.33 bits per heavy atom. The normalized spacial score (nSPS) is 11.8. The molecule has 0 amide bonds. The SMILES string of the molecule is O=c1c(=O)c2c1ccc1cc3ccccc3cc12. The summed E-state index contributed by atoms with van der Waals surface area (Å²) in [6.45, 7) is 0. The van der Waals surface area contributed by atoms with Crippen LogP contribution in [-0.4, -0.2) is 0 Å². The topological polar surface area (TPSA) is 34.1 Å². The molecule has 0 N–H and O–H groups in total. The lowest BCUT2D eigenvalue weighted by Crippen LogP contribution is -2.30. The third kappa shape index (κ3) is 1.02. The van der Waals surface area contributed by atoms with Crippen LogP contribution in [0.25, 0.3) is 32.3 Å². The summed E-state index contributed by atoms with van der Waals surface area (Å²) in [6, 6.07) is 15.7. The molecule has 18 heavy (non-hydrogen) atoms. The summed E-state index contributed by atoms with van der Waals surface area (Å²) < 4.78 is 0. The number of hydrogen-bond donors (Lipinski definition) is 0. The fraction of sp³-hybridized carbons (Fsp3) is 0. The molecule has 0 atom stereocenters. The van der Waals surface area contributed by atoms with Crippen LogP contribution in [0.2, 0.25) is 0 Å². The molecule has 2 nitrogen and oxygen atoms in total. The molecular formula is C16H8O2. The van der Waals surface area contributed by atoms with Gasteiger partial charge in [-0.3, -0.25) is 9.59 Å². The van der Waals surface area contributed by atoms with Gasteiger partial charge in [-0.2, -0.15) is 0 Å². The molecule has 4 aromatic rings. The molecule has 0 heterocycles. The Hall–Kier alpha value is -2.48. The fourth-order valence-corrected chi connectivity index (χ4v) is 2.62. The van der Waals surface area contributed by atoms with Gasteiger partial charge in [-0.05, 0) is 39.7 Å². The van der Waals surface area contributed by atoms with Gasteiger partial charge in [0.25, 0.3) is 0 Å². The maximum atomic E-state index is 11.7. The van der Waals surface area contributed by atoms with E-state index >= 15 is 0 Å². The molecule has 0 radical (unpaired) electrons. The molecule has 4 aromatic carbocycles. The lowest BCUT2D eigenvalue weighted by atomic mass is 9.95. The van der Waals surface area contributed by atoms with Crippen molar-refractivity contribution in [3.05, 3.63) is 69.0 Å². The molecule has 0 aliphatic carbocycles. The summed E-state index contributed by atoms with van der Waals surface area (Å²) in [5.74, 6) is 0.